The first-order valence-corrected chi connectivity index (χ1v) is 14.2. The minimum atomic E-state index is -0.596. The third-order valence-electron chi connectivity index (χ3n) is 7.53. The molecule has 1 saturated heterocycles. The Morgan fingerprint density at radius 1 is 1.29 bits per heavy atom. The first-order chi connectivity index (χ1) is 18.3. The van der Waals surface area contributed by atoms with E-state index in [0.29, 0.717) is 40.4 Å². The summed E-state index contributed by atoms with van der Waals surface area (Å²) in [6.07, 6.45) is 3.21. The molecule has 2 aliphatic rings. The zero-order chi connectivity index (χ0) is 26.6. The van der Waals surface area contributed by atoms with Crippen LogP contribution >= 0.6 is 22.7 Å². The Morgan fingerprint density at radius 3 is 2.95 bits per heavy atom. The van der Waals surface area contributed by atoms with E-state index in [2.05, 4.69) is 22.2 Å². The second-order valence-electron chi connectivity index (χ2n) is 10.1. The molecule has 1 aromatic carbocycles. The summed E-state index contributed by atoms with van der Waals surface area (Å²) in [4.78, 5) is 38.6. The number of nitrogens with zero attached hydrogens (tertiary/aromatic N) is 4. The van der Waals surface area contributed by atoms with Gasteiger partial charge in [0, 0.05) is 24.7 Å². The van der Waals surface area contributed by atoms with Crippen molar-refractivity contribution in [3.8, 4) is 16.3 Å². The Balaban J connectivity index is 1.23. The van der Waals surface area contributed by atoms with Crippen molar-refractivity contribution in [1.29, 1.82) is 0 Å². The lowest BCUT2D eigenvalue weighted by molar-refractivity contribution is 0.0702. The summed E-state index contributed by atoms with van der Waals surface area (Å²) in [5.74, 6) is 0.868. The minimum Gasteiger partial charge on any atom is -0.391 e. The highest BCUT2D eigenvalue weighted by atomic mass is 32.1. The number of aryl methyl sites for hydroxylation is 1. The summed E-state index contributed by atoms with van der Waals surface area (Å²) >= 11 is 2.62. The molecule has 4 aromatic rings. The van der Waals surface area contributed by atoms with Crippen molar-refractivity contribution in [2.45, 2.75) is 32.7 Å². The number of nitrogens with one attached hydrogen (secondary N) is 1. The number of hydrogen-bond acceptors (Lipinski definition) is 8. The van der Waals surface area contributed by atoms with Crippen LogP contribution in [0.25, 0.3) is 15.4 Å². The molecule has 4 heterocycles. The lowest BCUT2D eigenvalue weighted by Gasteiger charge is -2.28. The number of carbonyl (C=O) groups is 2. The molecule has 12 heteroatoms. The van der Waals surface area contributed by atoms with Crippen molar-refractivity contribution >= 4 is 44.8 Å². The second-order valence-corrected chi connectivity index (χ2v) is 12.0. The number of likely N-dealkylation sites (tertiary alicyclic amines) is 1. The Morgan fingerprint density at radius 2 is 2.13 bits per heavy atom. The second kappa shape index (κ2) is 9.66. The Labute approximate surface area is 226 Å². The topological polar surface area (TPSA) is 115 Å². The van der Waals surface area contributed by atoms with Gasteiger partial charge in [0.2, 0.25) is 5.88 Å². The Hall–Kier alpha value is -3.51. The molecule has 2 fully saturated rings. The number of benzene rings is 1. The number of nitrogen functional groups attached to an aromatic ring is 1. The molecule has 0 bridgehead atoms. The molecule has 3 N–H and O–H groups in total. The Bertz CT molecular complexity index is 1530. The summed E-state index contributed by atoms with van der Waals surface area (Å²) in [7, 11) is 0. The Kier molecular flexibility index (Phi) is 6.31. The van der Waals surface area contributed by atoms with Crippen molar-refractivity contribution < 1.29 is 18.7 Å². The van der Waals surface area contributed by atoms with E-state index in [9.17, 15) is 14.0 Å². The maximum absolute atomic E-state index is 14.0. The van der Waals surface area contributed by atoms with E-state index in [-0.39, 0.29) is 35.2 Å². The van der Waals surface area contributed by atoms with Gasteiger partial charge in [-0.1, -0.05) is 30.4 Å². The maximum atomic E-state index is 14.0. The van der Waals surface area contributed by atoms with Crippen LogP contribution in [0.15, 0.2) is 35.8 Å². The molecule has 198 valence electrons. The standard InChI is InChI=1S/C26H27FN6O3S2/c1-13-8-16-12-33(22(34)20-21(38-24(28)31-20)15-4-3-5-17(27)10-15)19(18(16)9-13)11-29-26(35)36-23-14(2)30-25-32(23)6-7-37-25/h3-7,10,13,16,18-19H,8-9,11-12H2,1-2H3,(H2,28,31)(H,29,35)/t13?,16-,18-,19+/m0/s1. The predicted octanol–water partition coefficient (Wildman–Crippen LogP) is 4.82. The molecular formula is C26H27FN6O3S2. The van der Waals surface area contributed by atoms with Gasteiger partial charge in [-0.3, -0.25) is 9.20 Å². The molecule has 0 radical (unpaired) electrons. The summed E-state index contributed by atoms with van der Waals surface area (Å²) in [6, 6.07) is 5.85. The van der Waals surface area contributed by atoms with Crippen LogP contribution in [0.2, 0.25) is 0 Å². The van der Waals surface area contributed by atoms with Gasteiger partial charge in [0.15, 0.2) is 10.1 Å². The number of carbonyl (C=O) groups excluding carboxylic acids is 2. The molecule has 4 atom stereocenters. The number of nitrogens with two attached hydrogens (primary N) is 1. The summed E-state index contributed by atoms with van der Waals surface area (Å²) in [6.45, 7) is 4.84. The van der Waals surface area contributed by atoms with Gasteiger partial charge in [-0.2, -0.15) is 0 Å². The summed E-state index contributed by atoms with van der Waals surface area (Å²) < 4.78 is 21.3. The minimum absolute atomic E-state index is 0.216. The number of thiazole rings is 2. The number of fused-ring (bicyclic) bond motifs is 2. The number of ether oxygens (including phenoxy) is 1. The van der Waals surface area contributed by atoms with Crippen molar-refractivity contribution in [3.63, 3.8) is 0 Å². The quantitative estimate of drug-likeness (QED) is 0.365. The fourth-order valence-electron chi connectivity index (χ4n) is 5.99. The largest absolute Gasteiger partial charge is 0.414 e. The van der Waals surface area contributed by atoms with Crippen LogP contribution in [0, 0.1) is 30.5 Å². The first kappa shape index (κ1) is 24.8. The smallest absolute Gasteiger partial charge is 0.391 e. The van der Waals surface area contributed by atoms with Gasteiger partial charge in [0.1, 0.15) is 17.2 Å². The lowest BCUT2D eigenvalue weighted by atomic mass is 9.94. The van der Waals surface area contributed by atoms with Gasteiger partial charge in [0.25, 0.3) is 5.91 Å². The molecule has 38 heavy (non-hydrogen) atoms. The fraction of sp³-hybridized carbons (Fsp3) is 0.385. The van der Waals surface area contributed by atoms with Gasteiger partial charge in [-0.05, 0) is 55.2 Å². The zero-order valence-corrected chi connectivity index (χ0v) is 22.5. The number of rotatable bonds is 5. The molecule has 1 unspecified atom stereocenters. The van der Waals surface area contributed by atoms with Crippen molar-refractivity contribution in [3.05, 3.63) is 53.0 Å². The van der Waals surface area contributed by atoms with Crippen LogP contribution < -0.4 is 15.8 Å². The lowest BCUT2D eigenvalue weighted by Crippen LogP contribution is -2.46. The van der Waals surface area contributed by atoms with Crippen LogP contribution in [-0.2, 0) is 0 Å². The molecular weight excluding hydrogens is 527 g/mol. The molecule has 3 aromatic heterocycles. The van der Waals surface area contributed by atoms with E-state index in [4.69, 9.17) is 10.5 Å². The maximum Gasteiger partial charge on any atom is 0.414 e. The average Bonchev–Trinajstić information content (AvgIpc) is 3.67. The summed E-state index contributed by atoms with van der Waals surface area (Å²) in [5.41, 5.74) is 7.41. The van der Waals surface area contributed by atoms with E-state index in [1.54, 1.807) is 34.6 Å². The molecule has 0 spiro atoms. The number of amides is 2. The third-order valence-corrected chi connectivity index (χ3v) is 9.22. The van der Waals surface area contributed by atoms with Crippen LogP contribution in [0.3, 0.4) is 0 Å². The number of imidazole rings is 1. The molecule has 1 aliphatic carbocycles. The van der Waals surface area contributed by atoms with Gasteiger partial charge in [-0.15, -0.1) is 11.3 Å². The van der Waals surface area contributed by atoms with E-state index < -0.39 is 11.9 Å². The van der Waals surface area contributed by atoms with Crippen molar-refractivity contribution in [1.82, 2.24) is 24.6 Å². The summed E-state index contributed by atoms with van der Waals surface area (Å²) in [5, 5.41) is 5.00. The van der Waals surface area contributed by atoms with Gasteiger partial charge >= 0.3 is 6.09 Å². The number of aromatic nitrogens is 3. The molecule has 1 saturated carbocycles. The van der Waals surface area contributed by atoms with E-state index in [0.717, 1.165) is 29.1 Å². The highest BCUT2D eigenvalue weighted by molar-refractivity contribution is 7.19. The predicted molar refractivity (Wildman–Crippen MR) is 144 cm³/mol. The van der Waals surface area contributed by atoms with Crippen LogP contribution in [0.1, 0.15) is 35.9 Å². The highest BCUT2D eigenvalue weighted by Crippen LogP contribution is 2.46. The normalized spacial score (nSPS) is 22.7. The number of halogens is 1. The fourth-order valence-corrected chi connectivity index (χ4v) is 7.56. The monoisotopic (exact) mass is 554 g/mol. The van der Waals surface area contributed by atoms with Crippen molar-refractivity contribution in [2.75, 3.05) is 18.8 Å². The SMILES string of the molecule is Cc1nc2sccn2c1OC(=O)NC[C@@H]1[C@H]2CC(C)C[C@H]2CN1C(=O)c1nc(N)sc1-c1cccc(F)c1. The molecule has 9 nitrogen and oxygen atoms in total. The zero-order valence-electron chi connectivity index (χ0n) is 20.9. The molecule has 2 amide bonds. The van der Waals surface area contributed by atoms with Crippen molar-refractivity contribution in [2.24, 2.45) is 17.8 Å². The van der Waals surface area contributed by atoms with Gasteiger partial charge in [0.05, 0.1) is 10.9 Å². The van der Waals surface area contributed by atoms with E-state index >= 15 is 0 Å². The number of hydrogen-bond donors (Lipinski definition) is 2. The van der Waals surface area contributed by atoms with E-state index in [1.165, 1.54) is 23.5 Å². The van der Waals surface area contributed by atoms with Gasteiger partial charge in [-0.25, -0.2) is 19.2 Å². The molecule has 6 rings (SSSR count). The van der Waals surface area contributed by atoms with Gasteiger partial charge < -0.3 is 20.7 Å². The van der Waals surface area contributed by atoms with Crippen LogP contribution in [0.5, 0.6) is 5.88 Å². The number of anilines is 1. The third kappa shape index (κ3) is 4.41. The molecule has 1 aliphatic heterocycles. The average molecular weight is 555 g/mol. The van der Waals surface area contributed by atoms with E-state index in [1.807, 2.05) is 5.38 Å². The highest BCUT2D eigenvalue weighted by Gasteiger charge is 2.48. The van der Waals surface area contributed by atoms with Crippen LogP contribution in [0.4, 0.5) is 14.3 Å². The van der Waals surface area contributed by atoms with Crippen LogP contribution in [-0.4, -0.2) is 50.4 Å². The first-order valence-electron chi connectivity index (χ1n) is 12.5.